The third kappa shape index (κ3) is 4.92. The molecule has 1 fully saturated rings. The molecule has 24 heavy (non-hydrogen) atoms. The molecule has 1 heterocycles. The Kier molecular flexibility index (Phi) is 5.77. The highest BCUT2D eigenvalue weighted by Crippen LogP contribution is 2.20. The quantitative estimate of drug-likeness (QED) is 0.636. The molecule has 7 heteroatoms. The molecule has 0 atom stereocenters. The highest BCUT2D eigenvalue weighted by molar-refractivity contribution is 5.78. The molecule has 2 rings (SSSR count). The first kappa shape index (κ1) is 18.2. The van der Waals surface area contributed by atoms with Crippen LogP contribution >= 0.6 is 0 Å². The lowest BCUT2D eigenvalue weighted by atomic mass is 10.0. The second kappa shape index (κ2) is 7.61. The first-order valence-corrected chi connectivity index (χ1v) is 8.33. The molecule has 1 N–H and O–H groups in total. The number of rotatable bonds is 6. The van der Waals surface area contributed by atoms with Crippen molar-refractivity contribution >= 4 is 17.3 Å². The van der Waals surface area contributed by atoms with Crippen molar-refractivity contribution < 1.29 is 9.72 Å². The van der Waals surface area contributed by atoms with Crippen molar-refractivity contribution in [1.82, 2.24) is 10.2 Å². The Morgan fingerprint density at radius 1 is 1.21 bits per heavy atom. The van der Waals surface area contributed by atoms with Gasteiger partial charge in [0.25, 0.3) is 5.69 Å². The molecule has 1 aliphatic rings. The van der Waals surface area contributed by atoms with Crippen molar-refractivity contribution in [3.63, 3.8) is 0 Å². The monoisotopic (exact) mass is 334 g/mol. The molecule has 1 aromatic rings. The van der Waals surface area contributed by atoms with Gasteiger partial charge in [0, 0.05) is 49.5 Å². The number of piperazine rings is 1. The molecule has 0 bridgehead atoms. The lowest BCUT2D eigenvalue weighted by Gasteiger charge is -2.36. The zero-order chi connectivity index (χ0) is 17.7. The minimum atomic E-state index is -0.391. The van der Waals surface area contributed by atoms with E-state index in [4.69, 9.17) is 0 Å². The number of carbonyl (C=O) groups excluding carboxylic acids is 1. The molecule has 7 nitrogen and oxygen atoms in total. The van der Waals surface area contributed by atoms with E-state index in [1.54, 1.807) is 12.1 Å². The van der Waals surface area contributed by atoms with Gasteiger partial charge in [0.1, 0.15) is 0 Å². The second-order valence-corrected chi connectivity index (χ2v) is 6.82. The zero-order valence-corrected chi connectivity index (χ0v) is 14.6. The highest BCUT2D eigenvalue weighted by atomic mass is 16.6. The molecule has 1 saturated heterocycles. The van der Waals surface area contributed by atoms with E-state index in [2.05, 4.69) is 22.0 Å². The summed E-state index contributed by atoms with van der Waals surface area (Å²) >= 11 is 0. The Balaban J connectivity index is 1.83. The molecule has 0 spiro atoms. The standard InChI is InChI=1S/C17H26N4O3/c1-4-17(2,3)18-16(22)13-19-9-11-20(12-10-19)14-5-7-15(8-6-14)21(23)24/h5-8H,4,9-13H2,1-3H3,(H,18,22). The maximum absolute atomic E-state index is 12.1. The molecule has 0 radical (unpaired) electrons. The predicted octanol–water partition coefficient (Wildman–Crippen LogP) is 2.02. The Morgan fingerprint density at radius 2 is 1.79 bits per heavy atom. The number of nitro groups is 1. The van der Waals surface area contributed by atoms with Gasteiger partial charge in [0.15, 0.2) is 0 Å². The fourth-order valence-corrected chi connectivity index (χ4v) is 2.66. The summed E-state index contributed by atoms with van der Waals surface area (Å²) in [5.41, 5.74) is 0.918. The Hall–Kier alpha value is -2.15. The van der Waals surface area contributed by atoms with E-state index in [1.807, 2.05) is 13.8 Å². The van der Waals surface area contributed by atoms with Crippen LogP contribution in [-0.2, 0) is 4.79 Å². The van der Waals surface area contributed by atoms with Crippen LogP contribution in [0.3, 0.4) is 0 Å². The number of nitro benzene ring substituents is 1. The lowest BCUT2D eigenvalue weighted by Crippen LogP contribution is -2.52. The van der Waals surface area contributed by atoms with Crippen LogP contribution in [0.4, 0.5) is 11.4 Å². The van der Waals surface area contributed by atoms with Gasteiger partial charge < -0.3 is 10.2 Å². The fourth-order valence-electron chi connectivity index (χ4n) is 2.66. The Morgan fingerprint density at radius 3 is 2.29 bits per heavy atom. The first-order chi connectivity index (χ1) is 11.3. The summed E-state index contributed by atoms with van der Waals surface area (Å²) in [6.45, 7) is 9.74. The minimum absolute atomic E-state index is 0.0608. The summed E-state index contributed by atoms with van der Waals surface area (Å²) in [4.78, 5) is 26.8. The second-order valence-electron chi connectivity index (χ2n) is 6.82. The van der Waals surface area contributed by atoms with Crippen molar-refractivity contribution in [3.05, 3.63) is 34.4 Å². The molecule has 1 amide bonds. The smallest absolute Gasteiger partial charge is 0.269 e. The number of amides is 1. The normalized spacial score (nSPS) is 16.0. The lowest BCUT2D eigenvalue weighted by molar-refractivity contribution is -0.384. The third-order valence-electron chi connectivity index (χ3n) is 4.53. The number of carbonyl (C=O) groups is 1. The fraction of sp³-hybridized carbons (Fsp3) is 0.588. The van der Waals surface area contributed by atoms with Crippen LogP contribution in [0.25, 0.3) is 0 Å². The van der Waals surface area contributed by atoms with Gasteiger partial charge in [-0.15, -0.1) is 0 Å². The SMILES string of the molecule is CCC(C)(C)NC(=O)CN1CCN(c2ccc([N+](=O)[O-])cc2)CC1. The number of nitrogens with one attached hydrogen (secondary N) is 1. The van der Waals surface area contributed by atoms with E-state index >= 15 is 0 Å². The maximum Gasteiger partial charge on any atom is 0.269 e. The average molecular weight is 334 g/mol. The van der Waals surface area contributed by atoms with E-state index in [1.165, 1.54) is 12.1 Å². The number of anilines is 1. The third-order valence-corrected chi connectivity index (χ3v) is 4.53. The van der Waals surface area contributed by atoms with E-state index < -0.39 is 4.92 Å². The van der Waals surface area contributed by atoms with Gasteiger partial charge in [0.2, 0.25) is 5.91 Å². The molecule has 1 aromatic carbocycles. The zero-order valence-electron chi connectivity index (χ0n) is 14.6. The van der Waals surface area contributed by atoms with Crippen molar-refractivity contribution in [3.8, 4) is 0 Å². The molecular weight excluding hydrogens is 308 g/mol. The topological polar surface area (TPSA) is 78.7 Å². The summed E-state index contributed by atoms with van der Waals surface area (Å²) < 4.78 is 0. The average Bonchev–Trinajstić information content (AvgIpc) is 2.55. The summed E-state index contributed by atoms with van der Waals surface area (Å²) in [5, 5.41) is 13.8. The van der Waals surface area contributed by atoms with Gasteiger partial charge >= 0.3 is 0 Å². The van der Waals surface area contributed by atoms with Gasteiger partial charge in [0.05, 0.1) is 11.5 Å². The van der Waals surface area contributed by atoms with Crippen LogP contribution in [0.5, 0.6) is 0 Å². The molecular formula is C17H26N4O3. The molecule has 0 saturated carbocycles. The number of non-ortho nitro benzene ring substituents is 1. The van der Waals surface area contributed by atoms with E-state index in [9.17, 15) is 14.9 Å². The summed E-state index contributed by atoms with van der Waals surface area (Å²) in [6.07, 6.45) is 0.895. The minimum Gasteiger partial charge on any atom is -0.369 e. The van der Waals surface area contributed by atoms with Crippen molar-refractivity contribution in [2.45, 2.75) is 32.7 Å². The van der Waals surface area contributed by atoms with Crippen LogP contribution in [0.2, 0.25) is 0 Å². The summed E-state index contributed by atoms with van der Waals surface area (Å²) in [7, 11) is 0. The number of nitrogens with zero attached hydrogens (tertiary/aromatic N) is 3. The summed E-state index contributed by atoms with van der Waals surface area (Å²) in [5.74, 6) is 0.0608. The number of hydrogen-bond donors (Lipinski definition) is 1. The van der Waals surface area contributed by atoms with Gasteiger partial charge in [-0.3, -0.25) is 19.8 Å². The molecule has 132 valence electrons. The van der Waals surface area contributed by atoms with Crippen LogP contribution in [-0.4, -0.2) is 54.0 Å². The predicted molar refractivity (Wildman–Crippen MR) is 94.3 cm³/mol. The van der Waals surface area contributed by atoms with Crippen molar-refractivity contribution in [1.29, 1.82) is 0 Å². The largest absolute Gasteiger partial charge is 0.369 e. The molecule has 0 unspecified atom stereocenters. The van der Waals surface area contributed by atoms with Crippen LogP contribution in [0, 0.1) is 10.1 Å². The Bertz CT molecular complexity index is 578. The van der Waals surface area contributed by atoms with Gasteiger partial charge in [-0.1, -0.05) is 6.92 Å². The van der Waals surface area contributed by atoms with E-state index in [0.717, 1.165) is 38.3 Å². The van der Waals surface area contributed by atoms with Crippen molar-refractivity contribution in [2.75, 3.05) is 37.6 Å². The molecule has 0 aliphatic carbocycles. The first-order valence-electron chi connectivity index (χ1n) is 8.33. The van der Waals surface area contributed by atoms with Crippen molar-refractivity contribution in [2.24, 2.45) is 0 Å². The highest BCUT2D eigenvalue weighted by Gasteiger charge is 2.22. The van der Waals surface area contributed by atoms with Gasteiger partial charge in [-0.25, -0.2) is 0 Å². The van der Waals surface area contributed by atoms with Gasteiger partial charge in [-0.2, -0.15) is 0 Å². The number of benzene rings is 1. The summed E-state index contributed by atoms with van der Waals surface area (Å²) in [6, 6.07) is 6.62. The van der Waals surface area contributed by atoms with Crippen LogP contribution in [0.15, 0.2) is 24.3 Å². The molecule has 0 aromatic heterocycles. The maximum atomic E-state index is 12.1. The number of hydrogen-bond acceptors (Lipinski definition) is 5. The van der Waals surface area contributed by atoms with Crippen LogP contribution in [0.1, 0.15) is 27.2 Å². The molecule has 1 aliphatic heterocycles. The van der Waals surface area contributed by atoms with Gasteiger partial charge in [-0.05, 0) is 32.4 Å². The Labute approximate surface area is 142 Å². The van der Waals surface area contributed by atoms with E-state index in [-0.39, 0.29) is 17.1 Å². The van der Waals surface area contributed by atoms with E-state index in [0.29, 0.717) is 6.54 Å². The van der Waals surface area contributed by atoms with Crippen LogP contribution < -0.4 is 10.2 Å².